The Morgan fingerprint density at radius 3 is 2.78 bits per heavy atom. The Morgan fingerprint density at radius 1 is 1.11 bits per heavy atom. The summed E-state index contributed by atoms with van der Waals surface area (Å²) in [5, 5.41) is 13.6. The monoisotopic (exact) mass is 358 g/mol. The zero-order valence-corrected chi connectivity index (χ0v) is 14.7. The summed E-state index contributed by atoms with van der Waals surface area (Å²) in [7, 11) is 0. The lowest BCUT2D eigenvalue weighted by Gasteiger charge is -2.27. The van der Waals surface area contributed by atoms with E-state index in [0.29, 0.717) is 37.4 Å². The van der Waals surface area contributed by atoms with Crippen molar-refractivity contribution in [1.82, 2.24) is 14.7 Å². The van der Waals surface area contributed by atoms with Crippen LogP contribution in [0.25, 0.3) is 0 Å². The molecule has 1 aromatic heterocycles. The van der Waals surface area contributed by atoms with Gasteiger partial charge in [0.05, 0.1) is 30.4 Å². The van der Waals surface area contributed by atoms with Crippen molar-refractivity contribution in [1.29, 1.82) is 5.26 Å². The first kappa shape index (κ1) is 16.9. The first-order chi connectivity index (χ1) is 13.2. The molecule has 1 amide bonds. The van der Waals surface area contributed by atoms with E-state index in [1.807, 2.05) is 41.1 Å². The van der Waals surface area contributed by atoms with Crippen LogP contribution in [0.1, 0.15) is 27.3 Å². The third-order valence-corrected chi connectivity index (χ3v) is 4.50. The maximum atomic E-state index is 12.8. The van der Waals surface area contributed by atoms with Crippen LogP contribution in [0.4, 0.5) is 0 Å². The first-order valence-corrected chi connectivity index (χ1v) is 8.76. The smallest absolute Gasteiger partial charge is 0.254 e. The van der Waals surface area contributed by atoms with E-state index in [2.05, 4.69) is 11.2 Å². The Balaban J connectivity index is 1.44. The van der Waals surface area contributed by atoms with Crippen molar-refractivity contribution < 1.29 is 9.53 Å². The van der Waals surface area contributed by atoms with Gasteiger partial charge in [-0.2, -0.15) is 10.4 Å². The number of para-hydroxylation sites is 1. The number of benzene rings is 2. The van der Waals surface area contributed by atoms with Crippen LogP contribution in [0.5, 0.6) is 5.75 Å². The summed E-state index contributed by atoms with van der Waals surface area (Å²) in [5.41, 5.74) is 2.85. The second-order valence-electron chi connectivity index (χ2n) is 6.37. The third kappa shape index (κ3) is 3.67. The molecule has 0 atom stereocenters. The van der Waals surface area contributed by atoms with E-state index >= 15 is 0 Å². The summed E-state index contributed by atoms with van der Waals surface area (Å²) >= 11 is 0. The predicted octanol–water partition coefficient (Wildman–Crippen LogP) is 2.99. The second kappa shape index (κ2) is 7.34. The van der Waals surface area contributed by atoms with Crippen LogP contribution < -0.4 is 4.74 Å². The maximum Gasteiger partial charge on any atom is 0.254 e. The number of carbonyl (C=O) groups is 1. The number of nitrogens with zero attached hydrogens (tertiary/aromatic N) is 4. The number of nitriles is 1. The Hall–Kier alpha value is -3.59. The minimum Gasteiger partial charge on any atom is -0.487 e. The molecule has 2 heterocycles. The Bertz CT molecular complexity index is 1000. The number of amides is 1. The minimum atomic E-state index is -0.0679. The summed E-state index contributed by atoms with van der Waals surface area (Å²) in [6.45, 7) is 2.11. The van der Waals surface area contributed by atoms with Crippen molar-refractivity contribution in [2.45, 2.75) is 19.7 Å². The molecule has 0 fully saturated rings. The molecular weight excluding hydrogens is 340 g/mol. The average Bonchev–Trinajstić information content (AvgIpc) is 3.14. The Labute approximate surface area is 157 Å². The van der Waals surface area contributed by atoms with Crippen molar-refractivity contribution in [2.24, 2.45) is 0 Å². The third-order valence-electron chi connectivity index (χ3n) is 4.50. The molecule has 2 aromatic carbocycles. The van der Waals surface area contributed by atoms with Crippen LogP contribution in [-0.4, -0.2) is 27.1 Å². The van der Waals surface area contributed by atoms with Crippen LogP contribution in [-0.2, 0) is 19.7 Å². The number of hydrogen-bond acceptors (Lipinski definition) is 4. The van der Waals surface area contributed by atoms with Gasteiger partial charge in [0.1, 0.15) is 18.1 Å². The van der Waals surface area contributed by atoms with E-state index in [9.17, 15) is 4.79 Å². The van der Waals surface area contributed by atoms with E-state index in [0.717, 1.165) is 17.1 Å². The normalized spacial score (nSPS) is 12.9. The zero-order chi connectivity index (χ0) is 18.6. The molecule has 134 valence electrons. The van der Waals surface area contributed by atoms with Crippen molar-refractivity contribution >= 4 is 5.91 Å². The predicted molar refractivity (Wildman–Crippen MR) is 98.9 cm³/mol. The Morgan fingerprint density at radius 2 is 1.96 bits per heavy atom. The van der Waals surface area contributed by atoms with Crippen LogP contribution in [0.3, 0.4) is 0 Å². The lowest BCUT2D eigenvalue weighted by Crippen LogP contribution is -2.38. The highest BCUT2D eigenvalue weighted by molar-refractivity contribution is 5.94. The number of carbonyl (C=O) groups excluding carboxylic acids is 1. The van der Waals surface area contributed by atoms with Gasteiger partial charge < -0.3 is 9.64 Å². The molecule has 0 aliphatic carbocycles. The molecule has 0 bridgehead atoms. The fraction of sp³-hybridized carbons (Fsp3) is 0.190. The van der Waals surface area contributed by atoms with Gasteiger partial charge in [-0.05, 0) is 36.4 Å². The van der Waals surface area contributed by atoms with Crippen molar-refractivity contribution in [3.05, 3.63) is 83.2 Å². The van der Waals surface area contributed by atoms with Crippen LogP contribution in [0.2, 0.25) is 0 Å². The fourth-order valence-corrected chi connectivity index (χ4v) is 3.15. The highest BCUT2D eigenvalue weighted by atomic mass is 16.5. The van der Waals surface area contributed by atoms with Crippen molar-refractivity contribution in [3.63, 3.8) is 0 Å². The summed E-state index contributed by atoms with van der Waals surface area (Å²) < 4.78 is 7.68. The lowest BCUT2D eigenvalue weighted by atomic mass is 10.1. The van der Waals surface area contributed by atoms with E-state index < -0.39 is 0 Å². The highest BCUT2D eigenvalue weighted by Crippen LogP contribution is 2.18. The topological polar surface area (TPSA) is 71.2 Å². The molecule has 27 heavy (non-hydrogen) atoms. The molecule has 0 unspecified atom stereocenters. The fourth-order valence-electron chi connectivity index (χ4n) is 3.15. The molecule has 0 saturated heterocycles. The van der Waals surface area contributed by atoms with E-state index in [-0.39, 0.29) is 5.91 Å². The largest absolute Gasteiger partial charge is 0.487 e. The number of hydrogen-bond donors (Lipinski definition) is 0. The van der Waals surface area contributed by atoms with Crippen LogP contribution in [0.15, 0.2) is 60.7 Å². The molecule has 0 N–H and O–H groups in total. The van der Waals surface area contributed by atoms with Gasteiger partial charge in [0.25, 0.3) is 5.91 Å². The quantitative estimate of drug-likeness (QED) is 0.719. The molecule has 0 radical (unpaired) electrons. The summed E-state index contributed by atoms with van der Waals surface area (Å²) in [4.78, 5) is 14.5. The first-order valence-electron chi connectivity index (χ1n) is 8.76. The molecule has 1 aliphatic rings. The molecule has 0 saturated carbocycles. The van der Waals surface area contributed by atoms with Gasteiger partial charge in [-0.1, -0.05) is 24.3 Å². The molecular formula is C21H18N4O2. The molecule has 4 rings (SSSR count). The van der Waals surface area contributed by atoms with Gasteiger partial charge in [-0.15, -0.1) is 0 Å². The maximum absolute atomic E-state index is 12.8. The Kier molecular flexibility index (Phi) is 4.58. The van der Waals surface area contributed by atoms with E-state index in [1.54, 1.807) is 29.2 Å². The van der Waals surface area contributed by atoms with Gasteiger partial charge >= 0.3 is 0 Å². The highest BCUT2D eigenvalue weighted by Gasteiger charge is 2.23. The summed E-state index contributed by atoms with van der Waals surface area (Å²) in [5.74, 6) is 0.735. The van der Waals surface area contributed by atoms with Crippen molar-refractivity contribution in [3.8, 4) is 11.8 Å². The average molecular weight is 358 g/mol. The SMILES string of the molecule is N#Cc1cccc(C(=O)N2CCn3nc(COc4ccccc4)cc3C2)c1. The number of rotatable bonds is 4. The van der Waals surface area contributed by atoms with E-state index in [4.69, 9.17) is 10.00 Å². The summed E-state index contributed by atoms with van der Waals surface area (Å²) in [6, 6.07) is 20.5. The van der Waals surface area contributed by atoms with Crippen molar-refractivity contribution in [2.75, 3.05) is 6.54 Å². The van der Waals surface area contributed by atoms with Crippen LogP contribution in [0, 0.1) is 11.3 Å². The standard InChI is InChI=1S/C21H18N4O2/c22-13-16-5-4-6-17(11-16)21(26)24-9-10-25-19(14-24)12-18(23-25)15-27-20-7-2-1-3-8-20/h1-8,11-12H,9-10,14-15H2. The lowest BCUT2D eigenvalue weighted by molar-refractivity contribution is 0.0706. The van der Waals surface area contributed by atoms with Gasteiger partial charge in [0, 0.05) is 12.1 Å². The molecule has 1 aliphatic heterocycles. The summed E-state index contributed by atoms with van der Waals surface area (Å²) in [6.07, 6.45) is 0. The molecule has 6 nitrogen and oxygen atoms in total. The zero-order valence-electron chi connectivity index (χ0n) is 14.7. The molecule has 6 heteroatoms. The molecule has 0 spiro atoms. The van der Waals surface area contributed by atoms with Gasteiger partial charge in [0.2, 0.25) is 0 Å². The molecule has 3 aromatic rings. The number of ether oxygens (including phenoxy) is 1. The second-order valence-corrected chi connectivity index (χ2v) is 6.37. The van der Waals surface area contributed by atoms with Gasteiger partial charge in [-0.3, -0.25) is 9.48 Å². The van der Waals surface area contributed by atoms with E-state index in [1.165, 1.54) is 0 Å². The number of fused-ring (bicyclic) bond motifs is 1. The number of aromatic nitrogens is 2. The van der Waals surface area contributed by atoms with Gasteiger partial charge in [-0.25, -0.2) is 0 Å². The van der Waals surface area contributed by atoms with Crippen LogP contribution >= 0.6 is 0 Å². The van der Waals surface area contributed by atoms with Gasteiger partial charge in [0.15, 0.2) is 0 Å². The minimum absolute atomic E-state index is 0.0679.